The van der Waals surface area contributed by atoms with Gasteiger partial charge in [0.1, 0.15) is 0 Å². The summed E-state index contributed by atoms with van der Waals surface area (Å²) in [4.78, 5) is 1.37. The third-order valence-electron chi connectivity index (χ3n) is 3.72. The molecule has 1 atom stereocenters. The molecule has 0 fully saturated rings. The first-order valence-electron chi connectivity index (χ1n) is 7.34. The van der Waals surface area contributed by atoms with Crippen molar-refractivity contribution in [2.45, 2.75) is 30.6 Å². The highest BCUT2D eigenvalue weighted by atomic mass is 35.5. The van der Waals surface area contributed by atoms with E-state index in [0.717, 1.165) is 4.88 Å². The van der Waals surface area contributed by atoms with Crippen molar-refractivity contribution in [3.05, 3.63) is 51.2 Å². The van der Waals surface area contributed by atoms with Crippen LogP contribution >= 0.6 is 22.9 Å². The second-order valence-electron chi connectivity index (χ2n) is 5.27. The highest BCUT2D eigenvalue weighted by Crippen LogP contribution is 2.27. The summed E-state index contributed by atoms with van der Waals surface area (Å²) in [6, 6.07) is 8.83. The lowest BCUT2D eigenvalue weighted by Crippen LogP contribution is -2.26. The molecule has 0 bridgehead atoms. The number of rotatable bonds is 8. The number of aliphatic hydroxyl groups excluding tert-OH is 1. The Bertz CT molecular complexity index is 730. The molecule has 2 rings (SSSR count). The molecule has 0 amide bonds. The first kappa shape index (κ1) is 18.4. The molecule has 2 N–H and O–H groups in total. The third-order valence-corrected chi connectivity index (χ3v) is 6.77. The second-order valence-corrected chi connectivity index (χ2v) is 8.40. The lowest BCUT2D eigenvalue weighted by atomic mass is 10.0. The summed E-state index contributed by atoms with van der Waals surface area (Å²) in [6.07, 6.45) is 1.26. The van der Waals surface area contributed by atoms with E-state index in [0.29, 0.717) is 30.0 Å². The summed E-state index contributed by atoms with van der Waals surface area (Å²) in [5.74, 6) is 0.156. The Morgan fingerprint density at radius 2 is 2.04 bits per heavy atom. The van der Waals surface area contributed by atoms with Gasteiger partial charge in [-0.25, -0.2) is 13.1 Å². The standard InChI is InChI=1S/C16H20ClNO3S2/c1-12-14(17)4-2-6-16(12)23(20,21)18-9-7-13(8-10-19)15-5-3-11-22-15/h2-6,11,13,18-19H,7-10H2,1H3. The fourth-order valence-corrected chi connectivity index (χ4v) is 4.88. The largest absolute Gasteiger partial charge is 0.396 e. The molecular formula is C16H20ClNO3S2. The minimum absolute atomic E-state index is 0.0860. The fourth-order valence-electron chi connectivity index (χ4n) is 2.43. The molecule has 0 aliphatic rings. The van der Waals surface area contributed by atoms with Crippen molar-refractivity contribution in [3.8, 4) is 0 Å². The molecule has 2 aromatic rings. The summed E-state index contributed by atoms with van der Waals surface area (Å²) in [5, 5.41) is 11.6. The smallest absolute Gasteiger partial charge is 0.240 e. The second kappa shape index (κ2) is 8.26. The van der Waals surface area contributed by atoms with E-state index in [1.165, 1.54) is 0 Å². The van der Waals surface area contributed by atoms with Gasteiger partial charge in [0, 0.05) is 23.1 Å². The first-order valence-corrected chi connectivity index (χ1v) is 10.1. The van der Waals surface area contributed by atoms with Crippen LogP contribution in [0.1, 0.15) is 29.2 Å². The summed E-state index contributed by atoms with van der Waals surface area (Å²) in [7, 11) is -3.59. The summed E-state index contributed by atoms with van der Waals surface area (Å²) in [5.41, 5.74) is 0.548. The lowest BCUT2D eigenvalue weighted by molar-refractivity contribution is 0.273. The quantitative estimate of drug-likeness (QED) is 0.743. The minimum atomic E-state index is -3.59. The van der Waals surface area contributed by atoms with E-state index >= 15 is 0 Å². The Hall–Kier alpha value is -0.920. The zero-order valence-corrected chi connectivity index (χ0v) is 15.2. The third kappa shape index (κ3) is 4.78. The van der Waals surface area contributed by atoms with E-state index in [9.17, 15) is 13.5 Å². The van der Waals surface area contributed by atoms with Crippen LogP contribution in [0, 0.1) is 6.92 Å². The molecule has 0 saturated heterocycles. The maximum Gasteiger partial charge on any atom is 0.240 e. The predicted molar refractivity (Wildman–Crippen MR) is 94.8 cm³/mol. The zero-order valence-electron chi connectivity index (χ0n) is 12.8. The molecule has 23 heavy (non-hydrogen) atoms. The monoisotopic (exact) mass is 373 g/mol. The average Bonchev–Trinajstić information content (AvgIpc) is 3.03. The molecule has 1 aromatic heterocycles. The minimum Gasteiger partial charge on any atom is -0.396 e. The highest BCUT2D eigenvalue weighted by Gasteiger charge is 2.19. The molecule has 0 radical (unpaired) electrons. The highest BCUT2D eigenvalue weighted by molar-refractivity contribution is 7.89. The van der Waals surface area contributed by atoms with Crippen molar-refractivity contribution >= 4 is 33.0 Å². The molecule has 1 aromatic carbocycles. The predicted octanol–water partition coefficient (Wildman–Crippen LogP) is 3.54. The number of sulfonamides is 1. The van der Waals surface area contributed by atoms with Crippen molar-refractivity contribution in [1.82, 2.24) is 4.72 Å². The van der Waals surface area contributed by atoms with Gasteiger partial charge < -0.3 is 5.11 Å². The Morgan fingerprint density at radius 3 is 2.70 bits per heavy atom. The van der Waals surface area contributed by atoms with Gasteiger partial charge in [-0.3, -0.25) is 0 Å². The maximum absolute atomic E-state index is 12.4. The van der Waals surface area contributed by atoms with E-state index in [-0.39, 0.29) is 17.4 Å². The number of thiophene rings is 1. The number of halogens is 1. The Morgan fingerprint density at radius 1 is 1.26 bits per heavy atom. The van der Waals surface area contributed by atoms with Gasteiger partial charge in [-0.1, -0.05) is 23.7 Å². The van der Waals surface area contributed by atoms with Crippen LogP contribution in [0.2, 0.25) is 5.02 Å². The molecule has 4 nitrogen and oxygen atoms in total. The van der Waals surface area contributed by atoms with Crippen molar-refractivity contribution in [3.63, 3.8) is 0 Å². The van der Waals surface area contributed by atoms with Crippen LogP contribution in [0.4, 0.5) is 0 Å². The average molecular weight is 374 g/mol. The van der Waals surface area contributed by atoms with Crippen molar-refractivity contribution in [2.75, 3.05) is 13.2 Å². The summed E-state index contributed by atoms with van der Waals surface area (Å²) >= 11 is 7.62. The van der Waals surface area contributed by atoms with E-state index in [4.69, 9.17) is 11.6 Å². The molecule has 0 aliphatic carbocycles. The summed E-state index contributed by atoms with van der Waals surface area (Å²) in [6.45, 7) is 2.09. The van der Waals surface area contributed by atoms with E-state index in [2.05, 4.69) is 4.72 Å². The molecular weight excluding hydrogens is 354 g/mol. The maximum atomic E-state index is 12.4. The van der Waals surface area contributed by atoms with E-state index in [1.54, 1.807) is 36.5 Å². The summed E-state index contributed by atoms with van der Waals surface area (Å²) < 4.78 is 27.5. The van der Waals surface area contributed by atoms with Crippen molar-refractivity contribution in [2.24, 2.45) is 0 Å². The van der Waals surface area contributed by atoms with Gasteiger partial charge in [0.05, 0.1) is 4.90 Å². The van der Waals surface area contributed by atoms with Gasteiger partial charge in [-0.15, -0.1) is 11.3 Å². The van der Waals surface area contributed by atoms with Crippen LogP contribution in [-0.2, 0) is 10.0 Å². The van der Waals surface area contributed by atoms with Gasteiger partial charge in [0.15, 0.2) is 0 Å². The normalized spacial score (nSPS) is 13.2. The molecule has 0 spiro atoms. The van der Waals surface area contributed by atoms with Crippen molar-refractivity contribution < 1.29 is 13.5 Å². The van der Waals surface area contributed by atoms with Gasteiger partial charge in [0.2, 0.25) is 10.0 Å². The van der Waals surface area contributed by atoms with Crippen LogP contribution in [0.25, 0.3) is 0 Å². The van der Waals surface area contributed by atoms with Crippen LogP contribution < -0.4 is 4.72 Å². The zero-order chi connectivity index (χ0) is 16.9. The topological polar surface area (TPSA) is 66.4 Å². The van der Waals surface area contributed by atoms with E-state index < -0.39 is 10.0 Å². The van der Waals surface area contributed by atoms with Gasteiger partial charge in [-0.05, 0) is 54.8 Å². The van der Waals surface area contributed by atoms with Crippen LogP contribution in [0.15, 0.2) is 40.6 Å². The number of hydrogen-bond acceptors (Lipinski definition) is 4. The number of hydrogen-bond donors (Lipinski definition) is 2. The fraction of sp³-hybridized carbons (Fsp3) is 0.375. The van der Waals surface area contributed by atoms with Gasteiger partial charge in [-0.2, -0.15) is 0 Å². The lowest BCUT2D eigenvalue weighted by Gasteiger charge is -2.15. The molecule has 126 valence electrons. The molecule has 0 saturated carbocycles. The Labute approximate surface area is 146 Å². The van der Waals surface area contributed by atoms with Crippen LogP contribution in [-0.4, -0.2) is 26.7 Å². The Balaban J connectivity index is 2.03. The number of aliphatic hydroxyl groups is 1. The van der Waals surface area contributed by atoms with E-state index in [1.807, 2.05) is 17.5 Å². The van der Waals surface area contributed by atoms with Gasteiger partial charge in [0.25, 0.3) is 0 Å². The SMILES string of the molecule is Cc1c(Cl)cccc1S(=O)(=O)NCCC(CCO)c1cccs1. The van der Waals surface area contributed by atoms with Crippen molar-refractivity contribution in [1.29, 1.82) is 0 Å². The van der Waals surface area contributed by atoms with Gasteiger partial charge >= 0.3 is 0 Å². The molecule has 1 heterocycles. The number of nitrogens with one attached hydrogen (secondary N) is 1. The number of benzene rings is 1. The first-order chi connectivity index (χ1) is 11.0. The molecule has 0 aliphatic heterocycles. The molecule has 7 heteroatoms. The van der Waals surface area contributed by atoms with Crippen LogP contribution in [0.3, 0.4) is 0 Å². The Kier molecular flexibility index (Phi) is 6.61. The van der Waals surface area contributed by atoms with Crippen LogP contribution in [0.5, 0.6) is 0 Å². The molecule has 1 unspecified atom stereocenters.